The number of esters is 1. The van der Waals surface area contributed by atoms with Crippen molar-refractivity contribution in [3.05, 3.63) is 48.0 Å². The summed E-state index contributed by atoms with van der Waals surface area (Å²) in [6.07, 6.45) is 0. The molecule has 0 fully saturated rings. The molecule has 0 bridgehead atoms. The summed E-state index contributed by atoms with van der Waals surface area (Å²) in [5.74, 6) is -1.93. The topological polar surface area (TPSA) is 72.5 Å². The van der Waals surface area contributed by atoms with E-state index in [2.05, 4.69) is 5.32 Å². The van der Waals surface area contributed by atoms with Gasteiger partial charge in [-0.15, -0.1) is 0 Å². The molecular formula is C17H17NO4. The van der Waals surface area contributed by atoms with E-state index in [0.717, 1.165) is 10.8 Å². The molecule has 0 heterocycles. The third-order valence-electron chi connectivity index (χ3n) is 3.11. The number of carbonyl (C=O) groups excluding carboxylic acids is 3. The van der Waals surface area contributed by atoms with Gasteiger partial charge in [-0.2, -0.15) is 0 Å². The molecule has 0 saturated heterocycles. The van der Waals surface area contributed by atoms with Gasteiger partial charge in [0.2, 0.25) is 5.91 Å². The minimum Gasteiger partial charge on any atom is -0.452 e. The maximum atomic E-state index is 11.9. The van der Waals surface area contributed by atoms with Crippen molar-refractivity contribution in [1.82, 2.24) is 5.32 Å². The molecule has 1 N–H and O–H groups in total. The number of rotatable bonds is 4. The van der Waals surface area contributed by atoms with E-state index in [-0.39, 0.29) is 5.92 Å². The highest BCUT2D eigenvalue weighted by molar-refractivity contribution is 5.99. The Morgan fingerprint density at radius 3 is 2.41 bits per heavy atom. The van der Waals surface area contributed by atoms with E-state index in [0.29, 0.717) is 5.56 Å². The molecule has 0 spiro atoms. The highest BCUT2D eigenvalue weighted by Crippen LogP contribution is 2.16. The van der Waals surface area contributed by atoms with Gasteiger partial charge in [-0.25, -0.2) is 4.79 Å². The number of carbonyl (C=O) groups is 3. The van der Waals surface area contributed by atoms with Crippen LogP contribution in [-0.2, 0) is 14.3 Å². The fourth-order valence-corrected chi connectivity index (χ4v) is 1.85. The molecule has 5 nitrogen and oxygen atoms in total. The maximum absolute atomic E-state index is 11.9. The van der Waals surface area contributed by atoms with Gasteiger partial charge in [0.1, 0.15) is 0 Å². The van der Waals surface area contributed by atoms with Gasteiger partial charge >= 0.3 is 5.97 Å². The Bertz CT molecular complexity index is 721. The van der Waals surface area contributed by atoms with Crippen LogP contribution in [0, 0.1) is 5.92 Å². The standard InChI is InChI=1S/C17H17NO4/c1-11(2)16(20)18-15(19)10-22-17(21)14-8-7-12-5-3-4-6-13(12)9-14/h3-9,11H,10H2,1-2H3,(H,18,19,20). The van der Waals surface area contributed by atoms with Gasteiger partial charge in [0.05, 0.1) is 5.56 Å². The van der Waals surface area contributed by atoms with Gasteiger partial charge < -0.3 is 4.74 Å². The number of imide groups is 1. The molecule has 2 aromatic carbocycles. The van der Waals surface area contributed by atoms with Crippen molar-refractivity contribution < 1.29 is 19.1 Å². The zero-order valence-electron chi connectivity index (χ0n) is 12.5. The molecule has 0 aliphatic rings. The highest BCUT2D eigenvalue weighted by atomic mass is 16.5. The van der Waals surface area contributed by atoms with Crippen molar-refractivity contribution in [3.63, 3.8) is 0 Å². The van der Waals surface area contributed by atoms with Crippen molar-refractivity contribution in [2.75, 3.05) is 6.61 Å². The summed E-state index contributed by atoms with van der Waals surface area (Å²) in [4.78, 5) is 34.8. The lowest BCUT2D eigenvalue weighted by Crippen LogP contribution is -2.36. The molecule has 0 aromatic heterocycles. The summed E-state index contributed by atoms with van der Waals surface area (Å²) in [5, 5.41) is 4.09. The summed E-state index contributed by atoms with van der Waals surface area (Å²) in [6.45, 7) is 2.86. The first-order valence-corrected chi connectivity index (χ1v) is 6.97. The average Bonchev–Trinajstić information content (AvgIpc) is 2.52. The number of benzene rings is 2. The van der Waals surface area contributed by atoms with E-state index in [4.69, 9.17) is 4.74 Å². The van der Waals surface area contributed by atoms with E-state index in [9.17, 15) is 14.4 Å². The molecule has 2 aromatic rings. The van der Waals surface area contributed by atoms with Crippen LogP contribution in [0.5, 0.6) is 0 Å². The molecule has 114 valence electrons. The number of hydrogen-bond donors (Lipinski definition) is 1. The lowest BCUT2D eigenvalue weighted by Gasteiger charge is -2.08. The van der Waals surface area contributed by atoms with Gasteiger partial charge in [0, 0.05) is 5.92 Å². The van der Waals surface area contributed by atoms with Gasteiger partial charge in [-0.3, -0.25) is 14.9 Å². The lowest BCUT2D eigenvalue weighted by molar-refractivity contribution is -0.133. The van der Waals surface area contributed by atoms with E-state index in [1.165, 1.54) is 0 Å². The van der Waals surface area contributed by atoms with Crippen molar-refractivity contribution in [3.8, 4) is 0 Å². The highest BCUT2D eigenvalue weighted by Gasteiger charge is 2.14. The molecule has 2 amide bonds. The summed E-state index contributed by atoms with van der Waals surface area (Å²) in [6, 6.07) is 12.8. The predicted molar refractivity (Wildman–Crippen MR) is 82.2 cm³/mol. The first-order chi connectivity index (χ1) is 10.5. The summed E-state index contributed by atoms with van der Waals surface area (Å²) >= 11 is 0. The van der Waals surface area contributed by atoms with Crippen LogP contribution in [0.2, 0.25) is 0 Å². The second-order valence-corrected chi connectivity index (χ2v) is 5.21. The van der Waals surface area contributed by atoms with Crippen LogP contribution in [-0.4, -0.2) is 24.4 Å². The van der Waals surface area contributed by atoms with E-state index >= 15 is 0 Å². The van der Waals surface area contributed by atoms with Crippen LogP contribution >= 0.6 is 0 Å². The first kappa shape index (κ1) is 15.7. The third kappa shape index (κ3) is 3.91. The van der Waals surface area contributed by atoms with Crippen LogP contribution < -0.4 is 5.32 Å². The Morgan fingerprint density at radius 2 is 1.73 bits per heavy atom. The molecule has 5 heteroatoms. The minimum absolute atomic E-state index is 0.305. The number of nitrogens with one attached hydrogen (secondary N) is 1. The van der Waals surface area contributed by atoms with Crippen molar-refractivity contribution in [2.45, 2.75) is 13.8 Å². The fraction of sp³-hybridized carbons (Fsp3) is 0.235. The molecular weight excluding hydrogens is 282 g/mol. The summed E-state index contributed by atoms with van der Waals surface area (Å²) in [7, 11) is 0. The molecule has 0 atom stereocenters. The SMILES string of the molecule is CC(C)C(=O)NC(=O)COC(=O)c1ccc2ccccc2c1. The molecule has 0 aliphatic heterocycles. The Kier molecular flexibility index (Phi) is 4.88. The number of fused-ring (bicyclic) bond motifs is 1. The first-order valence-electron chi connectivity index (χ1n) is 6.97. The van der Waals surface area contributed by atoms with E-state index < -0.39 is 24.4 Å². The van der Waals surface area contributed by atoms with Crippen molar-refractivity contribution in [2.24, 2.45) is 5.92 Å². The molecule has 0 unspecified atom stereocenters. The zero-order valence-corrected chi connectivity index (χ0v) is 12.5. The Labute approximate surface area is 128 Å². The fourth-order valence-electron chi connectivity index (χ4n) is 1.85. The normalized spacial score (nSPS) is 10.5. The number of amides is 2. The van der Waals surface area contributed by atoms with Crippen LogP contribution in [0.1, 0.15) is 24.2 Å². The van der Waals surface area contributed by atoms with Crippen LogP contribution in [0.4, 0.5) is 0 Å². The Hall–Kier alpha value is -2.69. The second kappa shape index (κ2) is 6.85. The molecule has 2 rings (SSSR count). The van der Waals surface area contributed by atoms with Gasteiger partial charge in [-0.05, 0) is 22.9 Å². The zero-order chi connectivity index (χ0) is 16.1. The van der Waals surface area contributed by atoms with E-state index in [1.54, 1.807) is 26.0 Å². The molecule has 0 aliphatic carbocycles. The monoisotopic (exact) mass is 299 g/mol. The number of hydrogen-bond acceptors (Lipinski definition) is 4. The summed E-state index contributed by atoms with van der Waals surface area (Å²) < 4.78 is 4.92. The molecule has 0 saturated carbocycles. The summed E-state index contributed by atoms with van der Waals surface area (Å²) in [5.41, 5.74) is 0.363. The second-order valence-electron chi connectivity index (χ2n) is 5.21. The van der Waals surface area contributed by atoms with Crippen molar-refractivity contribution in [1.29, 1.82) is 0 Å². The molecule has 22 heavy (non-hydrogen) atoms. The van der Waals surface area contributed by atoms with Gasteiger partial charge in [0.15, 0.2) is 6.61 Å². The van der Waals surface area contributed by atoms with E-state index in [1.807, 2.05) is 30.3 Å². The van der Waals surface area contributed by atoms with Crippen LogP contribution in [0.3, 0.4) is 0 Å². The average molecular weight is 299 g/mol. The van der Waals surface area contributed by atoms with Crippen LogP contribution in [0.25, 0.3) is 10.8 Å². The van der Waals surface area contributed by atoms with Gasteiger partial charge in [0.25, 0.3) is 5.91 Å². The Morgan fingerprint density at radius 1 is 1.05 bits per heavy atom. The van der Waals surface area contributed by atoms with Crippen LogP contribution in [0.15, 0.2) is 42.5 Å². The van der Waals surface area contributed by atoms with Gasteiger partial charge in [-0.1, -0.05) is 44.2 Å². The Balaban J connectivity index is 1.96. The number of ether oxygens (including phenoxy) is 1. The molecule has 0 radical (unpaired) electrons. The smallest absolute Gasteiger partial charge is 0.338 e. The van der Waals surface area contributed by atoms with Crippen molar-refractivity contribution >= 4 is 28.6 Å². The predicted octanol–water partition coefficient (Wildman–Crippen LogP) is 2.30. The minimum atomic E-state index is -0.632. The lowest BCUT2D eigenvalue weighted by atomic mass is 10.1. The quantitative estimate of drug-likeness (QED) is 0.879. The maximum Gasteiger partial charge on any atom is 0.338 e. The largest absolute Gasteiger partial charge is 0.452 e. The third-order valence-corrected chi connectivity index (χ3v) is 3.11.